The van der Waals surface area contributed by atoms with Crippen molar-refractivity contribution in [1.82, 2.24) is 10.3 Å². The van der Waals surface area contributed by atoms with E-state index in [4.69, 9.17) is 4.98 Å². The fraction of sp³-hybridized carbons (Fsp3) is 0.438. The van der Waals surface area contributed by atoms with Gasteiger partial charge in [0.05, 0.1) is 11.7 Å². The molecule has 0 bridgehead atoms. The fourth-order valence-electron chi connectivity index (χ4n) is 2.74. The van der Waals surface area contributed by atoms with Crippen molar-refractivity contribution in [3.8, 4) is 0 Å². The van der Waals surface area contributed by atoms with Crippen LogP contribution < -0.4 is 5.32 Å². The lowest BCUT2D eigenvalue weighted by molar-refractivity contribution is 0.503. The summed E-state index contributed by atoms with van der Waals surface area (Å²) in [6, 6.07) is 3.92. The minimum atomic E-state index is -0.813. The number of hydrogen-bond donors (Lipinski definition) is 1. The van der Waals surface area contributed by atoms with E-state index in [-0.39, 0.29) is 6.04 Å². The number of fused-ring (bicyclic) bond motifs is 1. The molecule has 1 aliphatic rings. The first-order chi connectivity index (χ1) is 10.2. The predicted octanol–water partition coefficient (Wildman–Crippen LogP) is 4.00. The normalized spacial score (nSPS) is 15.8. The van der Waals surface area contributed by atoms with E-state index in [1.807, 2.05) is 6.92 Å². The summed E-state index contributed by atoms with van der Waals surface area (Å²) in [5.41, 5.74) is 1.91. The van der Waals surface area contributed by atoms with Gasteiger partial charge in [-0.25, -0.2) is 13.8 Å². The summed E-state index contributed by atoms with van der Waals surface area (Å²) >= 11 is 1.70. The summed E-state index contributed by atoms with van der Waals surface area (Å²) in [6.07, 6.45) is 4.52. The standard InChI is InChI=1S/C16H18F2N2S/c1-2-19-15(10-7-8-11(17)12(18)9-10)16-20-13-5-3-4-6-14(13)21-16/h7-9,15,19H,2-6H2,1H3. The lowest BCUT2D eigenvalue weighted by Gasteiger charge is -2.16. The number of thiazole rings is 1. The van der Waals surface area contributed by atoms with Crippen molar-refractivity contribution in [1.29, 1.82) is 0 Å². The van der Waals surface area contributed by atoms with Crippen LogP contribution in [0.4, 0.5) is 8.78 Å². The van der Waals surface area contributed by atoms with Crippen molar-refractivity contribution in [3.63, 3.8) is 0 Å². The van der Waals surface area contributed by atoms with Gasteiger partial charge in [-0.2, -0.15) is 0 Å². The highest BCUT2D eigenvalue weighted by Gasteiger charge is 2.22. The molecule has 1 aromatic carbocycles. The quantitative estimate of drug-likeness (QED) is 0.923. The van der Waals surface area contributed by atoms with Crippen LogP contribution in [-0.4, -0.2) is 11.5 Å². The minimum Gasteiger partial charge on any atom is -0.305 e. The zero-order chi connectivity index (χ0) is 14.8. The minimum absolute atomic E-state index is 0.166. The van der Waals surface area contributed by atoms with Crippen molar-refractivity contribution < 1.29 is 8.78 Å². The zero-order valence-corrected chi connectivity index (χ0v) is 12.8. The second-order valence-electron chi connectivity index (χ2n) is 5.29. The van der Waals surface area contributed by atoms with Gasteiger partial charge in [0.25, 0.3) is 0 Å². The molecule has 2 aromatic rings. The third kappa shape index (κ3) is 2.99. The maximum absolute atomic E-state index is 13.5. The van der Waals surface area contributed by atoms with Crippen molar-refractivity contribution in [3.05, 3.63) is 51.0 Å². The van der Waals surface area contributed by atoms with Crippen LogP contribution in [0.3, 0.4) is 0 Å². The van der Waals surface area contributed by atoms with Crippen molar-refractivity contribution in [2.75, 3.05) is 6.54 Å². The average Bonchev–Trinajstić information content (AvgIpc) is 2.91. The molecule has 1 heterocycles. The van der Waals surface area contributed by atoms with Gasteiger partial charge in [-0.15, -0.1) is 11.3 Å². The van der Waals surface area contributed by atoms with E-state index >= 15 is 0 Å². The molecule has 0 saturated carbocycles. The molecule has 0 spiro atoms. The summed E-state index contributed by atoms with van der Waals surface area (Å²) in [5.74, 6) is -1.62. The van der Waals surface area contributed by atoms with Crippen LogP contribution in [0.2, 0.25) is 0 Å². The molecule has 0 aliphatic heterocycles. The lowest BCUT2D eigenvalue weighted by Crippen LogP contribution is -2.22. The zero-order valence-electron chi connectivity index (χ0n) is 12.0. The summed E-state index contributed by atoms with van der Waals surface area (Å²) in [4.78, 5) is 6.09. The third-order valence-corrected chi connectivity index (χ3v) is 5.02. The number of benzene rings is 1. The molecule has 1 unspecified atom stereocenters. The first-order valence-electron chi connectivity index (χ1n) is 7.36. The highest BCUT2D eigenvalue weighted by atomic mass is 32.1. The van der Waals surface area contributed by atoms with Gasteiger partial charge in [-0.1, -0.05) is 13.0 Å². The van der Waals surface area contributed by atoms with E-state index in [0.29, 0.717) is 0 Å². The fourth-order valence-corrected chi connectivity index (χ4v) is 4.00. The Labute approximate surface area is 127 Å². The van der Waals surface area contributed by atoms with Crippen LogP contribution in [0, 0.1) is 11.6 Å². The molecule has 5 heteroatoms. The molecule has 1 atom stereocenters. The van der Waals surface area contributed by atoms with Gasteiger partial charge in [0.2, 0.25) is 0 Å². The highest BCUT2D eigenvalue weighted by Crippen LogP contribution is 2.32. The van der Waals surface area contributed by atoms with E-state index in [2.05, 4.69) is 5.32 Å². The van der Waals surface area contributed by atoms with Crippen LogP contribution in [0.15, 0.2) is 18.2 Å². The first-order valence-corrected chi connectivity index (χ1v) is 8.17. The number of nitrogens with zero attached hydrogens (tertiary/aromatic N) is 1. The lowest BCUT2D eigenvalue weighted by atomic mass is 10.0. The van der Waals surface area contributed by atoms with Gasteiger partial charge in [-0.3, -0.25) is 0 Å². The number of nitrogens with one attached hydrogen (secondary N) is 1. The summed E-state index contributed by atoms with van der Waals surface area (Å²) in [6.45, 7) is 2.74. The summed E-state index contributed by atoms with van der Waals surface area (Å²) < 4.78 is 26.6. The van der Waals surface area contributed by atoms with Gasteiger partial charge in [0, 0.05) is 4.88 Å². The Kier molecular flexibility index (Phi) is 4.31. The van der Waals surface area contributed by atoms with Crippen LogP contribution in [0.5, 0.6) is 0 Å². The topological polar surface area (TPSA) is 24.9 Å². The molecule has 0 fully saturated rings. The molecular formula is C16H18F2N2S. The van der Waals surface area contributed by atoms with Gasteiger partial charge >= 0.3 is 0 Å². The van der Waals surface area contributed by atoms with Crippen molar-refractivity contribution in [2.45, 2.75) is 38.6 Å². The SMILES string of the molecule is CCNC(c1ccc(F)c(F)c1)c1nc2c(s1)CCCC2. The van der Waals surface area contributed by atoms with Crippen molar-refractivity contribution >= 4 is 11.3 Å². The molecule has 21 heavy (non-hydrogen) atoms. The molecule has 1 N–H and O–H groups in total. The van der Waals surface area contributed by atoms with E-state index in [1.54, 1.807) is 17.4 Å². The van der Waals surface area contributed by atoms with E-state index in [1.165, 1.54) is 35.5 Å². The van der Waals surface area contributed by atoms with Crippen molar-refractivity contribution in [2.24, 2.45) is 0 Å². The molecule has 3 rings (SSSR count). The maximum Gasteiger partial charge on any atom is 0.159 e. The molecule has 0 amide bonds. The Morgan fingerprint density at radius 3 is 2.76 bits per heavy atom. The highest BCUT2D eigenvalue weighted by molar-refractivity contribution is 7.11. The number of rotatable bonds is 4. The van der Waals surface area contributed by atoms with Crippen LogP contribution in [0.25, 0.3) is 0 Å². The van der Waals surface area contributed by atoms with E-state index < -0.39 is 11.6 Å². The molecule has 0 radical (unpaired) electrons. The number of aryl methyl sites for hydroxylation is 2. The van der Waals surface area contributed by atoms with Crippen LogP contribution >= 0.6 is 11.3 Å². The molecule has 0 saturated heterocycles. The van der Waals surface area contributed by atoms with Crippen LogP contribution in [0.1, 0.15) is 46.9 Å². The Morgan fingerprint density at radius 2 is 2.05 bits per heavy atom. The Hall–Kier alpha value is -1.33. The third-order valence-electron chi connectivity index (χ3n) is 3.79. The monoisotopic (exact) mass is 308 g/mol. The summed E-state index contributed by atoms with van der Waals surface area (Å²) in [7, 11) is 0. The largest absolute Gasteiger partial charge is 0.305 e. The Bertz CT molecular complexity index is 616. The number of hydrogen-bond acceptors (Lipinski definition) is 3. The van der Waals surface area contributed by atoms with E-state index in [9.17, 15) is 8.78 Å². The first kappa shape index (κ1) is 14.6. The maximum atomic E-state index is 13.5. The second kappa shape index (κ2) is 6.20. The van der Waals surface area contributed by atoms with Gasteiger partial charge in [0.15, 0.2) is 11.6 Å². The number of halogens is 2. The van der Waals surface area contributed by atoms with E-state index in [0.717, 1.165) is 30.0 Å². The molecular weight excluding hydrogens is 290 g/mol. The number of aromatic nitrogens is 1. The van der Waals surface area contributed by atoms with Gasteiger partial charge < -0.3 is 5.32 Å². The predicted molar refractivity (Wildman–Crippen MR) is 80.6 cm³/mol. The van der Waals surface area contributed by atoms with Gasteiger partial charge in [-0.05, 0) is 49.9 Å². The van der Waals surface area contributed by atoms with Gasteiger partial charge in [0.1, 0.15) is 5.01 Å². The summed E-state index contributed by atoms with van der Waals surface area (Å²) in [5, 5.41) is 4.28. The second-order valence-corrected chi connectivity index (χ2v) is 6.41. The Morgan fingerprint density at radius 1 is 1.24 bits per heavy atom. The molecule has 1 aliphatic carbocycles. The average molecular weight is 308 g/mol. The molecule has 2 nitrogen and oxygen atoms in total. The molecule has 112 valence electrons. The van der Waals surface area contributed by atoms with Crippen LogP contribution in [-0.2, 0) is 12.8 Å². The smallest absolute Gasteiger partial charge is 0.159 e. The Balaban J connectivity index is 1.96. The molecule has 1 aromatic heterocycles.